The van der Waals surface area contributed by atoms with Crippen molar-refractivity contribution in [3.63, 3.8) is 0 Å². The summed E-state index contributed by atoms with van der Waals surface area (Å²) >= 11 is 0. The standard InChI is InChI=1S/C21H20N2O2/c1-14(2)18-17(21(24)25-3)19(15-10-6-4-7-11-15)23-20(22-18)16-12-8-5-9-13-16/h4-14H,1-3H3. The Bertz CT molecular complexity index is 875. The Labute approximate surface area is 147 Å². The van der Waals surface area contributed by atoms with Gasteiger partial charge in [-0.3, -0.25) is 0 Å². The first-order valence-corrected chi connectivity index (χ1v) is 8.23. The molecule has 2 aromatic carbocycles. The molecule has 4 nitrogen and oxygen atoms in total. The van der Waals surface area contributed by atoms with Crippen LogP contribution in [0, 0.1) is 0 Å². The number of carbonyl (C=O) groups is 1. The molecule has 1 heterocycles. The van der Waals surface area contributed by atoms with Crippen LogP contribution in [0.25, 0.3) is 22.6 Å². The highest BCUT2D eigenvalue weighted by molar-refractivity contribution is 5.97. The number of ether oxygens (including phenoxy) is 1. The van der Waals surface area contributed by atoms with E-state index in [-0.39, 0.29) is 5.92 Å². The highest BCUT2D eigenvalue weighted by Gasteiger charge is 2.24. The number of hydrogen-bond donors (Lipinski definition) is 0. The topological polar surface area (TPSA) is 52.1 Å². The lowest BCUT2D eigenvalue weighted by atomic mass is 9.98. The Morgan fingerprint density at radius 2 is 1.44 bits per heavy atom. The Balaban J connectivity index is 2.32. The average Bonchev–Trinajstić information content (AvgIpc) is 2.67. The van der Waals surface area contributed by atoms with Gasteiger partial charge in [-0.2, -0.15) is 0 Å². The van der Waals surface area contributed by atoms with Crippen LogP contribution in [0.15, 0.2) is 60.7 Å². The summed E-state index contributed by atoms with van der Waals surface area (Å²) in [6.45, 7) is 4.02. The molecule has 1 aromatic heterocycles. The highest BCUT2D eigenvalue weighted by Crippen LogP contribution is 2.30. The van der Waals surface area contributed by atoms with Crippen LogP contribution in [0.4, 0.5) is 0 Å². The Hall–Kier alpha value is -3.01. The van der Waals surface area contributed by atoms with Gasteiger partial charge in [0.25, 0.3) is 0 Å². The largest absolute Gasteiger partial charge is 0.465 e. The van der Waals surface area contributed by atoms with Gasteiger partial charge in [0.1, 0.15) is 5.56 Å². The Morgan fingerprint density at radius 1 is 0.880 bits per heavy atom. The van der Waals surface area contributed by atoms with E-state index in [1.165, 1.54) is 7.11 Å². The summed E-state index contributed by atoms with van der Waals surface area (Å²) in [7, 11) is 1.38. The molecule has 0 saturated carbocycles. The minimum atomic E-state index is -0.415. The van der Waals surface area contributed by atoms with Gasteiger partial charge in [-0.05, 0) is 5.92 Å². The molecule has 0 spiro atoms. The first-order valence-electron chi connectivity index (χ1n) is 8.23. The van der Waals surface area contributed by atoms with Crippen molar-refractivity contribution in [2.75, 3.05) is 7.11 Å². The first kappa shape index (κ1) is 16.8. The van der Waals surface area contributed by atoms with Crippen LogP contribution in [0.2, 0.25) is 0 Å². The lowest BCUT2D eigenvalue weighted by molar-refractivity contribution is 0.0599. The van der Waals surface area contributed by atoms with E-state index in [2.05, 4.69) is 4.98 Å². The molecule has 0 amide bonds. The Kier molecular flexibility index (Phi) is 4.89. The minimum Gasteiger partial charge on any atom is -0.465 e. The van der Waals surface area contributed by atoms with Crippen LogP contribution in [0.1, 0.15) is 35.8 Å². The van der Waals surface area contributed by atoms with Crippen LogP contribution < -0.4 is 0 Å². The van der Waals surface area contributed by atoms with E-state index >= 15 is 0 Å². The molecule has 0 unspecified atom stereocenters. The maximum atomic E-state index is 12.5. The second-order valence-corrected chi connectivity index (χ2v) is 6.03. The summed E-state index contributed by atoms with van der Waals surface area (Å²) in [6, 6.07) is 19.4. The predicted molar refractivity (Wildman–Crippen MR) is 98.3 cm³/mol. The molecule has 3 rings (SSSR count). The molecule has 0 aliphatic heterocycles. The number of rotatable bonds is 4. The van der Waals surface area contributed by atoms with Gasteiger partial charge < -0.3 is 4.74 Å². The summed E-state index contributed by atoms with van der Waals surface area (Å²) in [6.07, 6.45) is 0. The second kappa shape index (κ2) is 7.26. The number of esters is 1. The van der Waals surface area contributed by atoms with Gasteiger partial charge >= 0.3 is 5.97 Å². The van der Waals surface area contributed by atoms with Crippen molar-refractivity contribution in [1.82, 2.24) is 9.97 Å². The number of benzene rings is 2. The van der Waals surface area contributed by atoms with E-state index in [1.807, 2.05) is 74.5 Å². The van der Waals surface area contributed by atoms with Gasteiger partial charge in [-0.15, -0.1) is 0 Å². The average molecular weight is 332 g/mol. The molecular weight excluding hydrogens is 312 g/mol. The third-order valence-electron chi connectivity index (χ3n) is 3.95. The van der Waals surface area contributed by atoms with Crippen LogP contribution in [0.3, 0.4) is 0 Å². The second-order valence-electron chi connectivity index (χ2n) is 6.03. The fourth-order valence-electron chi connectivity index (χ4n) is 2.72. The molecule has 0 atom stereocenters. The van der Waals surface area contributed by atoms with Crippen molar-refractivity contribution >= 4 is 5.97 Å². The fourth-order valence-corrected chi connectivity index (χ4v) is 2.72. The normalized spacial score (nSPS) is 10.7. The van der Waals surface area contributed by atoms with Gasteiger partial charge in [-0.25, -0.2) is 14.8 Å². The molecule has 3 aromatic rings. The zero-order chi connectivity index (χ0) is 17.8. The summed E-state index contributed by atoms with van der Waals surface area (Å²) in [5.74, 6) is 0.250. The van der Waals surface area contributed by atoms with Gasteiger partial charge in [-0.1, -0.05) is 74.5 Å². The van der Waals surface area contributed by atoms with Gasteiger partial charge in [0.2, 0.25) is 0 Å². The molecule has 0 fully saturated rings. The summed E-state index contributed by atoms with van der Waals surface area (Å²) in [5, 5.41) is 0. The van der Waals surface area contributed by atoms with E-state index < -0.39 is 5.97 Å². The summed E-state index contributed by atoms with van der Waals surface area (Å²) < 4.78 is 5.02. The lowest BCUT2D eigenvalue weighted by Crippen LogP contribution is -2.14. The molecule has 0 aliphatic carbocycles. The summed E-state index contributed by atoms with van der Waals surface area (Å²) in [4.78, 5) is 21.9. The number of aromatic nitrogens is 2. The van der Waals surface area contributed by atoms with E-state index in [4.69, 9.17) is 9.72 Å². The van der Waals surface area contributed by atoms with Crippen molar-refractivity contribution in [3.05, 3.63) is 71.9 Å². The zero-order valence-corrected chi connectivity index (χ0v) is 14.6. The van der Waals surface area contributed by atoms with E-state index in [0.29, 0.717) is 22.8 Å². The van der Waals surface area contributed by atoms with E-state index in [0.717, 1.165) is 11.1 Å². The SMILES string of the molecule is COC(=O)c1c(-c2ccccc2)nc(-c2ccccc2)nc1C(C)C. The van der Waals surface area contributed by atoms with Crippen molar-refractivity contribution in [1.29, 1.82) is 0 Å². The van der Waals surface area contributed by atoms with Gasteiger partial charge in [0.15, 0.2) is 5.82 Å². The number of methoxy groups -OCH3 is 1. The number of nitrogens with zero attached hydrogens (tertiary/aromatic N) is 2. The van der Waals surface area contributed by atoms with Gasteiger partial charge in [0.05, 0.1) is 18.5 Å². The quantitative estimate of drug-likeness (QED) is 0.649. The molecule has 0 N–H and O–H groups in total. The van der Waals surface area contributed by atoms with E-state index in [1.54, 1.807) is 0 Å². The molecule has 25 heavy (non-hydrogen) atoms. The number of carbonyl (C=O) groups excluding carboxylic acids is 1. The van der Waals surface area contributed by atoms with Crippen molar-refractivity contribution < 1.29 is 9.53 Å². The third-order valence-corrected chi connectivity index (χ3v) is 3.95. The highest BCUT2D eigenvalue weighted by atomic mass is 16.5. The predicted octanol–water partition coefficient (Wildman–Crippen LogP) is 4.72. The molecule has 0 bridgehead atoms. The van der Waals surface area contributed by atoms with Crippen molar-refractivity contribution in [2.24, 2.45) is 0 Å². The first-order chi connectivity index (χ1) is 12.1. The van der Waals surface area contributed by atoms with Crippen LogP contribution in [-0.2, 0) is 4.74 Å². The summed E-state index contributed by atoms with van der Waals surface area (Å²) in [5.41, 5.74) is 3.51. The maximum absolute atomic E-state index is 12.5. The lowest BCUT2D eigenvalue weighted by Gasteiger charge is -2.16. The van der Waals surface area contributed by atoms with Crippen molar-refractivity contribution in [3.8, 4) is 22.6 Å². The molecular formula is C21H20N2O2. The molecule has 126 valence electrons. The molecule has 0 saturated heterocycles. The molecule has 0 aliphatic rings. The van der Waals surface area contributed by atoms with Crippen LogP contribution in [0.5, 0.6) is 0 Å². The molecule has 0 radical (unpaired) electrons. The minimum absolute atomic E-state index is 0.0574. The maximum Gasteiger partial charge on any atom is 0.341 e. The number of hydrogen-bond acceptors (Lipinski definition) is 4. The van der Waals surface area contributed by atoms with Crippen LogP contribution in [-0.4, -0.2) is 23.0 Å². The zero-order valence-electron chi connectivity index (χ0n) is 14.6. The van der Waals surface area contributed by atoms with Gasteiger partial charge in [0, 0.05) is 11.1 Å². The smallest absolute Gasteiger partial charge is 0.341 e. The molecule has 4 heteroatoms. The fraction of sp³-hybridized carbons (Fsp3) is 0.190. The van der Waals surface area contributed by atoms with E-state index in [9.17, 15) is 4.79 Å². The monoisotopic (exact) mass is 332 g/mol. The Morgan fingerprint density at radius 3 is 1.96 bits per heavy atom. The third kappa shape index (κ3) is 3.43. The van der Waals surface area contributed by atoms with Crippen molar-refractivity contribution in [2.45, 2.75) is 19.8 Å². The van der Waals surface area contributed by atoms with Crippen LogP contribution >= 0.6 is 0 Å².